The summed E-state index contributed by atoms with van der Waals surface area (Å²) in [5, 5.41) is 10.8. The fraction of sp³-hybridized carbons (Fsp3) is 0.105. The number of nitrogens with one attached hydrogen (secondary N) is 2. The van der Waals surface area contributed by atoms with E-state index in [4.69, 9.17) is 5.84 Å². The highest BCUT2D eigenvalue weighted by Crippen LogP contribution is 2.33. The van der Waals surface area contributed by atoms with E-state index in [1.807, 2.05) is 0 Å². The van der Waals surface area contributed by atoms with E-state index in [1.165, 1.54) is 37.8 Å². The van der Waals surface area contributed by atoms with Crippen LogP contribution in [-0.2, 0) is 4.79 Å². The number of hydrogen-bond donors (Lipinski definition) is 3. The van der Waals surface area contributed by atoms with Gasteiger partial charge in [-0.2, -0.15) is 0 Å². The molecule has 118 valence electrons. The van der Waals surface area contributed by atoms with Crippen LogP contribution in [0.25, 0.3) is 32.3 Å². The van der Waals surface area contributed by atoms with Gasteiger partial charge in [-0.3, -0.25) is 10.2 Å². The summed E-state index contributed by atoms with van der Waals surface area (Å²) in [5.74, 6) is 4.98. The third kappa shape index (κ3) is 2.30. The van der Waals surface area contributed by atoms with Crippen LogP contribution in [0.4, 0.5) is 0 Å². The molecule has 0 aliphatic carbocycles. The highest BCUT2D eigenvalue weighted by atomic mass is 16.2. The summed E-state index contributed by atoms with van der Waals surface area (Å²) in [6, 6.07) is 19.0. The van der Waals surface area contributed by atoms with Crippen LogP contribution in [0.3, 0.4) is 0 Å². The number of carbonyl (C=O) groups excluding carboxylic acids is 1. The standard InChI is InChI=1S/C19H18BN3O/c1-11(19(24)23-21)22-20-16-10-8-14-6-5-12-3-2-4-13-7-9-15(16)18(14)17(12)13/h2-11,20,22H,21H2,1H3,(H,23,24). The molecule has 4 aromatic carbocycles. The van der Waals surface area contributed by atoms with E-state index >= 15 is 0 Å². The second kappa shape index (κ2) is 5.78. The van der Waals surface area contributed by atoms with E-state index < -0.39 is 0 Å². The minimum Gasteiger partial charge on any atom is -0.345 e. The fourth-order valence-corrected chi connectivity index (χ4v) is 3.43. The van der Waals surface area contributed by atoms with Crippen LogP contribution >= 0.6 is 0 Å². The summed E-state index contributed by atoms with van der Waals surface area (Å²) < 4.78 is 0. The van der Waals surface area contributed by atoms with Crippen molar-refractivity contribution in [2.24, 2.45) is 5.84 Å². The molecule has 4 nitrogen and oxygen atoms in total. The molecule has 0 aliphatic heterocycles. The summed E-state index contributed by atoms with van der Waals surface area (Å²) >= 11 is 0. The summed E-state index contributed by atoms with van der Waals surface area (Å²) in [6.07, 6.45) is 0. The van der Waals surface area contributed by atoms with Crippen LogP contribution in [-0.4, -0.2) is 19.4 Å². The molecule has 0 saturated heterocycles. The highest BCUT2D eigenvalue weighted by molar-refractivity contribution is 6.56. The van der Waals surface area contributed by atoms with Gasteiger partial charge in [0.1, 0.15) is 0 Å². The molecule has 5 heteroatoms. The first-order valence-corrected chi connectivity index (χ1v) is 8.08. The van der Waals surface area contributed by atoms with Gasteiger partial charge in [0, 0.05) is 0 Å². The van der Waals surface area contributed by atoms with E-state index in [9.17, 15) is 4.79 Å². The zero-order valence-electron chi connectivity index (χ0n) is 13.5. The number of nitrogens with two attached hydrogens (primary N) is 1. The molecular weight excluding hydrogens is 297 g/mol. The van der Waals surface area contributed by atoms with E-state index in [-0.39, 0.29) is 11.9 Å². The largest absolute Gasteiger partial charge is 0.345 e. The van der Waals surface area contributed by atoms with E-state index in [2.05, 4.69) is 65.3 Å². The van der Waals surface area contributed by atoms with Gasteiger partial charge in [-0.25, -0.2) is 5.84 Å². The molecule has 0 heterocycles. The summed E-state index contributed by atoms with van der Waals surface area (Å²) in [6.45, 7) is 1.80. The van der Waals surface area contributed by atoms with Crippen molar-refractivity contribution >= 4 is 51.1 Å². The molecule has 0 bridgehead atoms. The molecule has 4 N–H and O–H groups in total. The van der Waals surface area contributed by atoms with Crippen LogP contribution in [0.1, 0.15) is 6.92 Å². The first-order chi connectivity index (χ1) is 11.7. The Morgan fingerprint density at radius 1 is 0.958 bits per heavy atom. The van der Waals surface area contributed by atoms with E-state index in [1.54, 1.807) is 6.92 Å². The molecule has 0 radical (unpaired) electrons. The van der Waals surface area contributed by atoms with Crippen molar-refractivity contribution in [3.8, 4) is 0 Å². The zero-order valence-corrected chi connectivity index (χ0v) is 13.5. The van der Waals surface area contributed by atoms with Gasteiger partial charge in [0.05, 0.1) is 6.04 Å². The van der Waals surface area contributed by atoms with Gasteiger partial charge in [-0.15, -0.1) is 0 Å². The van der Waals surface area contributed by atoms with Crippen molar-refractivity contribution in [3.05, 3.63) is 54.6 Å². The number of benzene rings is 4. The van der Waals surface area contributed by atoms with Gasteiger partial charge >= 0.3 is 0 Å². The monoisotopic (exact) mass is 315 g/mol. The van der Waals surface area contributed by atoms with Crippen molar-refractivity contribution in [1.29, 1.82) is 0 Å². The molecule has 0 spiro atoms. The maximum Gasteiger partial charge on any atom is 0.249 e. The topological polar surface area (TPSA) is 67.2 Å². The Kier molecular flexibility index (Phi) is 3.60. The normalized spacial score (nSPS) is 12.8. The minimum atomic E-state index is -0.339. The van der Waals surface area contributed by atoms with Crippen LogP contribution in [0.2, 0.25) is 0 Å². The van der Waals surface area contributed by atoms with Crippen molar-refractivity contribution in [3.63, 3.8) is 0 Å². The SMILES string of the molecule is CC(NBc1ccc2ccc3cccc4ccc1c2c34)C(=O)NN. The molecule has 1 amide bonds. The van der Waals surface area contributed by atoms with Gasteiger partial charge in [0.25, 0.3) is 0 Å². The Bertz CT molecular complexity index is 1030. The molecule has 0 aromatic heterocycles. The lowest BCUT2D eigenvalue weighted by Gasteiger charge is -2.15. The molecule has 0 fully saturated rings. The predicted molar refractivity (Wildman–Crippen MR) is 102 cm³/mol. The molecule has 1 unspecified atom stereocenters. The Hall–Kier alpha value is -2.63. The van der Waals surface area contributed by atoms with Crippen molar-refractivity contribution in [2.45, 2.75) is 13.0 Å². The van der Waals surface area contributed by atoms with Gasteiger partial charge in [0.15, 0.2) is 0 Å². The second-order valence-electron chi connectivity index (χ2n) is 6.19. The van der Waals surface area contributed by atoms with Crippen molar-refractivity contribution in [1.82, 2.24) is 10.7 Å². The fourth-order valence-electron chi connectivity index (χ4n) is 3.43. The van der Waals surface area contributed by atoms with Crippen molar-refractivity contribution in [2.75, 3.05) is 0 Å². The van der Waals surface area contributed by atoms with E-state index in [0.29, 0.717) is 7.41 Å². The molecule has 24 heavy (non-hydrogen) atoms. The first kappa shape index (κ1) is 14.9. The maximum atomic E-state index is 11.6. The lowest BCUT2D eigenvalue weighted by Crippen LogP contribution is -2.48. The minimum absolute atomic E-state index is 0.215. The number of rotatable bonds is 4. The van der Waals surface area contributed by atoms with Crippen LogP contribution in [0.5, 0.6) is 0 Å². The Morgan fingerprint density at radius 2 is 1.58 bits per heavy atom. The number of carbonyl (C=O) groups is 1. The molecule has 0 aliphatic rings. The smallest absolute Gasteiger partial charge is 0.249 e. The predicted octanol–water partition coefficient (Wildman–Crippen LogP) is 1.53. The van der Waals surface area contributed by atoms with Crippen molar-refractivity contribution < 1.29 is 4.79 Å². The Balaban J connectivity index is 1.84. The second-order valence-corrected chi connectivity index (χ2v) is 6.19. The number of hydrogen-bond acceptors (Lipinski definition) is 3. The third-order valence-electron chi connectivity index (χ3n) is 4.75. The highest BCUT2D eigenvalue weighted by Gasteiger charge is 2.14. The molecular formula is C19H18BN3O. The summed E-state index contributed by atoms with van der Waals surface area (Å²) in [7, 11) is 0.614. The number of amides is 1. The average Bonchev–Trinajstić information content (AvgIpc) is 2.64. The first-order valence-electron chi connectivity index (χ1n) is 8.08. The third-order valence-corrected chi connectivity index (χ3v) is 4.75. The molecule has 4 aromatic rings. The molecule has 4 rings (SSSR count). The molecule has 1 atom stereocenters. The van der Waals surface area contributed by atoms with Crippen LogP contribution in [0, 0.1) is 0 Å². The van der Waals surface area contributed by atoms with E-state index in [0.717, 1.165) is 0 Å². The summed E-state index contributed by atoms with van der Waals surface area (Å²) in [5.41, 5.74) is 3.36. The van der Waals surface area contributed by atoms with Gasteiger partial charge in [-0.05, 0) is 39.2 Å². The Labute approximate surface area is 140 Å². The van der Waals surface area contributed by atoms with Gasteiger partial charge < -0.3 is 5.23 Å². The quantitative estimate of drug-likeness (QED) is 0.176. The zero-order chi connectivity index (χ0) is 16.7. The van der Waals surface area contributed by atoms with Crippen LogP contribution in [0.15, 0.2) is 54.6 Å². The lowest BCUT2D eigenvalue weighted by molar-refractivity contribution is -0.122. The van der Waals surface area contributed by atoms with Gasteiger partial charge in [-0.1, -0.05) is 60.1 Å². The maximum absolute atomic E-state index is 11.6. The number of hydrazine groups is 1. The Morgan fingerprint density at radius 3 is 2.29 bits per heavy atom. The van der Waals surface area contributed by atoms with Gasteiger partial charge in [0.2, 0.25) is 13.3 Å². The summed E-state index contributed by atoms with van der Waals surface area (Å²) in [4.78, 5) is 11.6. The van der Waals surface area contributed by atoms with Crippen LogP contribution < -0.4 is 22.0 Å². The molecule has 0 saturated carbocycles. The average molecular weight is 315 g/mol. The lowest BCUT2D eigenvalue weighted by atomic mass is 9.77.